The summed E-state index contributed by atoms with van der Waals surface area (Å²) < 4.78 is 4.86. The van der Waals surface area contributed by atoms with E-state index >= 15 is 0 Å². The van der Waals surface area contributed by atoms with Gasteiger partial charge >= 0.3 is 5.97 Å². The van der Waals surface area contributed by atoms with E-state index in [1.807, 2.05) is 24.3 Å². The molecule has 0 aliphatic carbocycles. The van der Waals surface area contributed by atoms with Gasteiger partial charge in [-0.2, -0.15) is 0 Å². The lowest BCUT2D eigenvalue weighted by molar-refractivity contribution is -0.146. The number of ketones is 1. The number of halogens is 1. The van der Waals surface area contributed by atoms with Gasteiger partial charge in [-0.15, -0.1) is 0 Å². The molecule has 0 spiro atoms. The molecular formula is C17H22ClNO3. The number of nitrogens with zero attached hydrogens (tertiary/aromatic N) is 1. The predicted octanol–water partition coefficient (Wildman–Crippen LogP) is 3.25. The van der Waals surface area contributed by atoms with Crippen molar-refractivity contribution in [3.8, 4) is 0 Å². The van der Waals surface area contributed by atoms with Crippen LogP contribution in [0.5, 0.6) is 0 Å². The summed E-state index contributed by atoms with van der Waals surface area (Å²) in [6, 6.07) is 7.93. The lowest BCUT2D eigenvalue weighted by Crippen LogP contribution is -2.37. The molecule has 1 aliphatic rings. The van der Waals surface area contributed by atoms with E-state index in [2.05, 4.69) is 11.9 Å². The monoisotopic (exact) mass is 323 g/mol. The van der Waals surface area contributed by atoms with Gasteiger partial charge in [-0.1, -0.05) is 23.7 Å². The topological polar surface area (TPSA) is 46.6 Å². The number of carbonyl (C=O) groups is 2. The summed E-state index contributed by atoms with van der Waals surface area (Å²) in [5.41, 5.74) is 1.15. The second-order valence-electron chi connectivity index (χ2n) is 5.72. The van der Waals surface area contributed by atoms with Crippen molar-refractivity contribution in [3.05, 3.63) is 34.9 Å². The van der Waals surface area contributed by atoms with Gasteiger partial charge in [-0.25, -0.2) is 0 Å². The van der Waals surface area contributed by atoms with Crippen molar-refractivity contribution in [2.75, 3.05) is 20.2 Å². The van der Waals surface area contributed by atoms with Gasteiger partial charge in [-0.3, -0.25) is 14.5 Å². The molecule has 0 aromatic heterocycles. The zero-order valence-corrected chi connectivity index (χ0v) is 13.8. The molecule has 1 heterocycles. The summed E-state index contributed by atoms with van der Waals surface area (Å²) in [5.74, 6) is -0.513. The Balaban J connectivity index is 2.02. The fourth-order valence-corrected chi connectivity index (χ4v) is 3.08. The van der Waals surface area contributed by atoms with Crippen LogP contribution in [0.25, 0.3) is 0 Å². The van der Waals surface area contributed by atoms with Crippen LogP contribution in [0.1, 0.15) is 37.8 Å². The molecule has 5 heteroatoms. The van der Waals surface area contributed by atoms with Gasteiger partial charge < -0.3 is 4.74 Å². The van der Waals surface area contributed by atoms with Crippen LogP contribution in [-0.2, 0) is 14.3 Å². The quantitative estimate of drug-likeness (QED) is 0.616. The second-order valence-corrected chi connectivity index (χ2v) is 6.15. The minimum atomic E-state index is -0.422. The van der Waals surface area contributed by atoms with Gasteiger partial charge in [0.25, 0.3) is 0 Å². The van der Waals surface area contributed by atoms with Crippen LogP contribution in [0, 0.1) is 5.92 Å². The first-order chi connectivity index (χ1) is 10.5. The number of benzene rings is 1. The molecule has 2 atom stereocenters. The molecule has 0 saturated carbocycles. The van der Waals surface area contributed by atoms with Crippen LogP contribution in [0.4, 0.5) is 0 Å². The van der Waals surface area contributed by atoms with Gasteiger partial charge in [0, 0.05) is 17.0 Å². The number of carbonyl (C=O) groups excluding carboxylic acids is 2. The number of ether oxygens (including phenoxy) is 1. The van der Waals surface area contributed by atoms with Gasteiger partial charge in [0.15, 0.2) is 0 Å². The number of esters is 1. The van der Waals surface area contributed by atoms with Crippen LogP contribution in [-0.4, -0.2) is 36.9 Å². The first-order valence-corrected chi connectivity index (χ1v) is 8.03. The maximum absolute atomic E-state index is 12.3. The summed E-state index contributed by atoms with van der Waals surface area (Å²) in [5, 5.41) is 0.706. The second kappa shape index (κ2) is 7.75. The van der Waals surface area contributed by atoms with Crippen molar-refractivity contribution in [1.29, 1.82) is 0 Å². The highest BCUT2D eigenvalue weighted by molar-refractivity contribution is 6.30. The molecule has 0 bridgehead atoms. The lowest BCUT2D eigenvalue weighted by Gasteiger charge is -2.36. The standard InChI is InChI=1S/C17H22ClNO3/c1-3-22-17(21)11-16(20)13-8-9-19(2)15(10-13)12-4-6-14(18)7-5-12/h4-7,13,15H,3,8-11H2,1-2H3/t13-,15+/m1/s1. The highest BCUT2D eigenvalue weighted by atomic mass is 35.5. The normalized spacial score (nSPS) is 22.3. The zero-order chi connectivity index (χ0) is 16.1. The molecule has 4 nitrogen and oxygen atoms in total. The Labute approximate surface area is 136 Å². The van der Waals surface area contributed by atoms with E-state index < -0.39 is 5.97 Å². The molecule has 1 aromatic rings. The summed E-state index contributed by atoms with van der Waals surface area (Å²) in [7, 11) is 2.06. The Morgan fingerprint density at radius 1 is 1.32 bits per heavy atom. The van der Waals surface area contributed by atoms with Gasteiger partial charge in [0.05, 0.1) is 6.61 Å². The highest BCUT2D eigenvalue weighted by Crippen LogP contribution is 2.34. The largest absolute Gasteiger partial charge is 0.466 e. The average Bonchev–Trinajstić information content (AvgIpc) is 2.49. The van der Waals surface area contributed by atoms with E-state index in [9.17, 15) is 9.59 Å². The smallest absolute Gasteiger partial charge is 0.313 e. The van der Waals surface area contributed by atoms with Crippen LogP contribution in [0.2, 0.25) is 5.02 Å². The third-order valence-corrected chi connectivity index (χ3v) is 4.46. The Kier molecular flexibility index (Phi) is 5.98. The number of hydrogen-bond acceptors (Lipinski definition) is 4. The number of piperidine rings is 1. The number of likely N-dealkylation sites (tertiary alicyclic amines) is 1. The van der Waals surface area contributed by atoms with Crippen molar-refractivity contribution >= 4 is 23.4 Å². The number of hydrogen-bond donors (Lipinski definition) is 0. The fourth-order valence-electron chi connectivity index (χ4n) is 2.95. The molecule has 1 aromatic carbocycles. The SMILES string of the molecule is CCOC(=O)CC(=O)[C@@H]1CCN(C)[C@H](c2ccc(Cl)cc2)C1. The number of rotatable bonds is 5. The van der Waals surface area contributed by atoms with Gasteiger partial charge in [-0.05, 0) is 51.1 Å². The van der Waals surface area contributed by atoms with E-state index in [0.29, 0.717) is 11.6 Å². The fraction of sp³-hybridized carbons (Fsp3) is 0.529. The molecule has 0 amide bonds. The van der Waals surface area contributed by atoms with Crippen LogP contribution in [0.3, 0.4) is 0 Å². The number of Topliss-reactive ketones (excluding diaryl/α,β-unsaturated/α-hetero) is 1. The summed E-state index contributed by atoms with van der Waals surface area (Å²) >= 11 is 5.93. The van der Waals surface area contributed by atoms with Gasteiger partial charge in [0.2, 0.25) is 0 Å². The Hall–Kier alpha value is -1.39. The van der Waals surface area contributed by atoms with Crippen LogP contribution >= 0.6 is 11.6 Å². The van der Waals surface area contributed by atoms with Crippen LogP contribution in [0.15, 0.2) is 24.3 Å². The molecule has 22 heavy (non-hydrogen) atoms. The van der Waals surface area contributed by atoms with Crippen molar-refractivity contribution < 1.29 is 14.3 Å². The van der Waals surface area contributed by atoms with E-state index in [0.717, 1.165) is 24.9 Å². The van der Waals surface area contributed by atoms with Crippen molar-refractivity contribution in [2.45, 2.75) is 32.2 Å². The zero-order valence-electron chi connectivity index (χ0n) is 13.0. The minimum Gasteiger partial charge on any atom is -0.466 e. The first kappa shape index (κ1) is 17.0. The molecule has 0 radical (unpaired) electrons. The first-order valence-electron chi connectivity index (χ1n) is 7.65. The van der Waals surface area contributed by atoms with E-state index in [1.54, 1.807) is 6.92 Å². The van der Waals surface area contributed by atoms with E-state index in [4.69, 9.17) is 16.3 Å². The van der Waals surface area contributed by atoms with Gasteiger partial charge in [0.1, 0.15) is 12.2 Å². The maximum Gasteiger partial charge on any atom is 0.313 e. The van der Waals surface area contributed by atoms with Crippen molar-refractivity contribution in [2.24, 2.45) is 5.92 Å². The minimum absolute atomic E-state index is 0.00878. The summed E-state index contributed by atoms with van der Waals surface area (Å²) in [6.07, 6.45) is 1.41. The van der Waals surface area contributed by atoms with Crippen LogP contribution < -0.4 is 0 Å². The molecule has 0 unspecified atom stereocenters. The molecular weight excluding hydrogens is 302 g/mol. The Bertz CT molecular complexity index is 529. The summed E-state index contributed by atoms with van der Waals surface area (Å²) in [6.45, 7) is 2.90. The summed E-state index contributed by atoms with van der Waals surface area (Å²) in [4.78, 5) is 26.0. The Morgan fingerprint density at radius 2 is 2.00 bits per heavy atom. The lowest BCUT2D eigenvalue weighted by atomic mass is 9.84. The molecule has 1 aliphatic heterocycles. The molecule has 120 valence electrons. The average molecular weight is 324 g/mol. The third-order valence-electron chi connectivity index (χ3n) is 4.20. The molecule has 0 N–H and O–H groups in total. The Morgan fingerprint density at radius 3 is 2.64 bits per heavy atom. The molecule has 2 rings (SSSR count). The predicted molar refractivity (Wildman–Crippen MR) is 85.8 cm³/mol. The van der Waals surface area contributed by atoms with Crippen molar-refractivity contribution in [3.63, 3.8) is 0 Å². The van der Waals surface area contributed by atoms with Crippen molar-refractivity contribution in [1.82, 2.24) is 4.90 Å². The molecule has 1 saturated heterocycles. The van der Waals surface area contributed by atoms with E-state index in [1.165, 1.54) is 0 Å². The molecule has 1 fully saturated rings. The maximum atomic E-state index is 12.3. The van der Waals surface area contributed by atoms with E-state index in [-0.39, 0.29) is 24.2 Å². The third kappa shape index (κ3) is 4.31. The highest BCUT2D eigenvalue weighted by Gasteiger charge is 2.32.